The third-order valence-corrected chi connectivity index (χ3v) is 4.18. The second kappa shape index (κ2) is 10.2. The molecule has 0 aliphatic heterocycles. The van der Waals surface area contributed by atoms with Crippen molar-refractivity contribution in [2.75, 3.05) is 37.9 Å². The third-order valence-electron chi connectivity index (χ3n) is 4.18. The molecule has 0 aliphatic carbocycles. The van der Waals surface area contributed by atoms with Crippen LogP contribution in [-0.2, 0) is 9.59 Å². The van der Waals surface area contributed by atoms with Crippen LogP contribution in [-0.4, -0.2) is 45.1 Å². The van der Waals surface area contributed by atoms with E-state index >= 15 is 0 Å². The summed E-state index contributed by atoms with van der Waals surface area (Å²) in [6, 6.07) is 12.0. The van der Waals surface area contributed by atoms with Gasteiger partial charge < -0.3 is 20.3 Å². The minimum Gasteiger partial charge on any atom is -0.497 e. The lowest BCUT2D eigenvalue weighted by Gasteiger charge is -2.14. The van der Waals surface area contributed by atoms with Gasteiger partial charge in [0.2, 0.25) is 0 Å². The minimum atomic E-state index is -0.600. The van der Waals surface area contributed by atoms with Gasteiger partial charge in [-0.05, 0) is 49.7 Å². The van der Waals surface area contributed by atoms with Gasteiger partial charge in [0.1, 0.15) is 5.75 Å². The number of carbonyl (C=O) groups is 3. The number of urea groups is 1. The van der Waals surface area contributed by atoms with E-state index in [1.54, 1.807) is 44.5 Å². The van der Waals surface area contributed by atoms with Gasteiger partial charge >= 0.3 is 6.03 Å². The van der Waals surface area contributed by atoms with Crippen molar-refractivity contribution in [3.63, 3.8) is 0 Å². The predicted octanol–water partition coefficient (Wildman–Crippen LogP) is 1.11. The second-order valence-electron chi connectivity index (χ2n) is 6.91. The summed E-state index contributed by atoms with van der Waals surface area (Å²) in [7, 11) is 3.27. The van der Waals surface area contributed by atoms with Crippen molar-refractivity contribution < 1.29 is 24.0 Å². The van der Waals surface area contributed by atoms with E-state index in [-0.39, 0.29) is 19.0 Å². The Balaban J connectivity index is 1.77. The van der Waals surface area contributed by atoms with Gasteiger partial charge in [0.25, 0.3) is 11.8 Å². The Hall–Kier alpha value is -3.39. The average Bonchev–Trinajstić information content (AvgIpc) is 2.64. The van der Waals surface area contributed by atoms with Crippen molar-refractivity contribution in [1.82, 2.24) is 5.32 Å². The fraction of sp³-hybridized carbons (Fsp3) is 0.286. The van der Waals surface area contributed by atoms with Gasteiger partial charge in [-0.3, -0.25) is 14.9 Å². The van der Waals surface area contributed by atoms with Gasteiger partial charge in [-0.25, -0.2) is 4.79 Å². The van der Waals surface area contributed by atoms with Crippen molar-refractivity contribution >= 4 is 29.2 Å². The molecule has 8 heteroatoms. The zero-order valence-corrected chi connectivity index (χ0v) is 17.1. The van der Waals surface area contributed by atoms with E-state index in [2.05, 4.69) is 16.0 Å². The maximum Gasteiger partial charge on any atom is 0.326 e. The molecule has 154 valence electrons. The lowest BCUT2D eigenvalue weighted by atomic mass is 10.1. The fourth-order valence-electron chi connectivity index (χ4n) is 2.77. The number of ether oxygens (including phenoxy) is 1. The summed E-state index contributed by atoms with van der Waals surface area (Å²) in [5.41, 5.74) is 3.27. The van der Waals surface area contributed by atoms with Crippen LogP contribution in [0.25, 0.3) is 0 Å². The molecule has 1 atom stereocenters. The van der Waals surface area contributed by atoms with E-state index in [0.29, 0.717) is 22.0 Å². The Morgan fingerprint density at radius 1 is 0.931 bits per heavy atom. The lowest BCUT2D eigenvalue weighted by molar-refractivity contribution is -0.862. The SMILES string of the molecule is COc1ccc(NC(=O)C[NH+](C)CC(=O)NC(=O)Nc2ccc(C)cc2C)cc1. The highest BCUT2D eigenvalue weighted by Gasteiger charge is 2.16. The van der Waals surface area contributed by atoms with Crippen LogP contribution in [0.2, 0.25) is 0 Å². The Bertz CT molecular complexity index is 881. The molecule has 8 nitrogen and oxygen atoms in total. The Morgan fingerprint density at radius 2 is 1.59 bits per heavy atom. The highest BCUT2D eigenvalue weighted by Crippen LogP contribution is 2.16. The zero-order valence-electron chi connectivity index (χ0n) is 17.1. The number of hydrogen-bond acceptors (Lipinski definition) is 4. The molecule has 0 aliphatic rings. The standard InChI is InChI=1S/C21H26N4O4/c1-14-5-10-18(15(2)11-14)23-21(28)24-20(27)13-25(3)12-19(26)22-16-6-8-17(29-4)9-7-16/h5-11H,12-13H2,1-4H3,(H,22,26)(H2,23,24,27,28)/p+1. The topological polar surface area (TPSA) is 101 Å². The number of benzene rings is 2. The number of likely N-dealkylation sites (N-methyl/N-ethyl adjacent to an activating group) is 1. The van der Waals surface area contributed by atoms with E-state index in [9.17, 15) is 14.4 Å². The number of amides is 4. The molecule has 0 spiro atoms. The fourth-order valence-corrected chi connectivity index (χ4v) is 2.77. The molecule has 0 saturated carbocycles. The smallest absolute Gasteiger partial charge is 0.326 e. The molecule has 0 fully saturated rings. The minimum absolute atomic E-state index is 0.0175. The largest absolute Gasteiger partial charge is 0.497 e. The highest BCUT2D eigenvalue weighted by atomic mass is 16.5. The molecule has 2 aromatic rings. The first kappa shape index (κ1) is 21.9. The molecular weight excluding hydrogens is 372 g/mol. The number of imide groups is 1. The number of carbonyl (C=O) groups excluding carboxylic acids is 3. The van der Waals surface area contributed by atoms with E-state index in [0.717, 1.165) is 11.1 Å². The van der Waals surface area contributed by atoms with E-state index in [1.807, 2.05) is 26.0 Å². The maximum absolute atomic E-state index is 12.1. The predicted molar refractivity (Wildman–Crippen MR) is 111 cm³/mol. The number of rotatable bonds is 7. The second-order valence-corrected chi connectivity index (χ2v) is 6.91. The van der Waals surface area contributed by atoms with Crippen LogP contribution >= 0.6 is 0 Å². The Labute approximate surface area is 170 Å². The maximum atomic E-state index is 12.1. The first-order valence-electron chi connectivity index (χ1n) is 9.20. The number of anilines is 2. The van der Waals surface area contributed by atoms with Gasteiger partial charge in [0, 0.05) is 11.4 Å². The lowest BCUT2D eigenvalue weighted by Crippen LogP contribution is -3.11. The van der Waals surface area contributed by atoms with Crippen molar-refractivity contribution in [2.24, 2.45) is 0 Å². The van der Waals surface area contributed by atoms with Gasteiger partial charge in [-0.1, -0.05) is 17.7 Å². The molecule has 2 aromatic carbocycles. The van der Waals surface area contributed by atoms with Gasteiger partial charge in [0.05, 0.1) is 14.2 Å². The van der Waals surface area contributed by atoms with Crippen LogP contribution in [0.1, 0.15) is 11.1 Å². The summed E-state index contributed by atoms with van der Waals surface area (Å²) in [6.07, 6.45) is 0. The van der Waals surface area contributed by atoms with Gasteiger partial charge in [-0.2, -0.15) is 0 Å². The molecule has 0 radical (unpaired) electrons. The number of nitrogens with one attached hydrogen (secondary N) is 4. The molecule has 0 heterocycles. The molecule has 2 rings (SSSR count). The van der Waals surface area contributed by atoms with Crippen LogP contribution < -0.4 is 25.6 Å². The van der Waals surface area contributed by atoms with Crippen LogP contribution in [0.3, 0.4) is 0 Å². The molecule has 0 saturated heterocycles. The van der Waals surface area contributed by atoms with Crippen LogP contribution in [0.4, 0.5) is 16.2 Å². The molecular formula is C21H27N4O4+. The quantitative estimate of drug-likeness (QED) is 0.560. The molecule has 1 unspecified atom stereocenters. The molecule has 4 amide bonds. The van der Waals surface area contributed by atoms with Crippen LogP contribution in [0.15, 0.2) is 42.5 Å². The van der Waals surface area contributed by atoms with Crippen molar-refractivity contribution in [1.29, 1.82) is 0 Å². The normalized spacial score (nSPS) is 11.3. The summed E-state index contributed by atoms with van der Waals surface area (Å²) in [5.74, 6) is -0.0104. The monoisotopic (exact) mass is 399 g/mol. The number of aryl methyl sites for hydroxylation is 2. The number of quaternary nitrogens is 1. The summed E-state index contributed by atoms with van der Waals surface area (Å²) >= 11 is 0. The van der Waals surface area contributed by atoms with Gasteiger partial charge in [0.15, 0.2) is 13.1 Å². The first-order valence-corrected chi connectivity index (χ1v) is 9.20. The van der Waals surface area contributed by atoms with Crippen LogP contribution in [0.5, 0.6) is 5.75 Å². The summed E-state index contributed by atoms with van der Waals surface area (Å²) in [4.78, 5) is 36.8. The molecule has 0 bridgehead atoms. The zero-order chi connectivity index (χ0) is 21.4. The Kier molecular flexibility index (Phi) is 7.73. The highest BCUT2D eigenvalue weighted by molar-refractivity contribution is 6.01. The van der Waals surface area contributed by atoms with Crippen molar-refractivity contribution in [3.8, 4) is 5.75 Å². The van der Waals surface area contributed by atoms with E-state index < -0.39 is 11.9 Å². The van der Waals surface area contributed by atoms with Crippen molar-refractivity contribution in [3.05, 3.63) is 53.6 Å². The summed E-state index contributed by atoms with van der Waals surface area (Å²) in [6.45, 7) is 3.90. The van der Waals surface area contributed by atoms with E-state index in [4.69, 9.17) is 4.74 Å². The first-order chi connectivity index (χ1) is 13.8. The van der Waals surface area contributed by atoms with Crippen LogP contribution in [0, 0.1) is 13.8 Å². The number of hydrogen-bond donors (Lipinski definition) is 4. The molecule has 4 N–H and O–H groups in total. The molecule has 0 aromatic heterocycles. The average molecular weight is 399 g/mol. The summed E-state index contributed by atoms with van der Waals surface area (Å²) in [5, 5.41) is 7.69. The summed E-state index contributed by atoms with van der Waals surface area (Å²) < 4.78 is 5.07. The van der Waals surface area contributed by atoms with Gasteiger partial charge in [-0.15, -0.1) is 0 Å². The number of methoxy groups -OCH3 is 1. The van der Waals surface area contributed by atoms with E-state index in [1.165, 1.54) is 0 Å². The van der Waals surface area contributed by atoms with Crippen molar-refractivity contribution in [2.45, 2.75) is 13.8 Å². The molecule has 29 heavy (non-hydrogen) atoms. The Morgan fingerprint density at radius 3 is 2.21 bits per heavy atom. The third kappa shape index (κ3) is 7.27.